The Morgan fingerprint density at radius 3 is 2.64 bits per heavy atom. The van der Waals surface area contributed by atoms with Gasteiger partial charge in [-0.05, 0) is 36.2 Å². The Kier molecular flexibility index (Phi) is 6.91. The third-order valence-electron chi connectivity index (χ3n) is 4.03. The Morgan fingerprint density at radius 1 is 1.11 bits per heavy atom. The van der Waals surface area contributed by atoms with E-state index in [1.54, 1.807) is 18.9 Å². The average Bonchev–Trinajstić information content (AvgIpc) is 3.21. The van der Waals surface area contributed by atoms with Crippen LogP contribution in [0.4, 0.5) is 0 Å². The quantitative estimate of drug-likeness (QED) is 0.559. The molecule has 3 aromatic rings. The van der Waals surface area contributed by atoms with Crippen molar-refractivity contribution in [1.82, 2.24) is 20.1 Å². The van der Waals surface area contributed by atoms with Crippen LogP contribution in [0.1, 0.15) is 5.56 Å². The molecule has 0 aliphatic carbocycles. The molecule has 1 amide bonds. The summed E-state index contributed by atoms with van der Waals surface area (Å²) in [6.45, 7) is 0.542. The van der Waals surface area contributed by atoms with Gasteiger partial charge in [-0.2, -0.15) is 5.10 Å². The molecule has 0 spiro atoms. The summed E-state index contributed by atoms with van der Waals surface area (Å²) in [6, 6.07) is 15.5. The summed E-state index contributed by atoms with van der Waals surface area (Å²) in [5.74, 6) is 1.60. The molecule has 2 aromatic carbocycles. The van der Waals surface area contributed by atoms with E-state index in [4.69, 9.17) is 9.47 Å². The third-order valence-corrected chi connectivity index (χ3v) is 4.98. The summed E-state index contributed by atoms with van der Waals surface area (Å²) >= 11 is 1.35. The molecule has 7 nitrogen and oxygen atoms in total. The van der Waals surface area contributed by atoms with Crippen molar-refractivity contribution in [3.63, 3.8) is 0 Å². The van der Waals surface area contributed by atoms with Gasteiger partial charge in [-0.3, -0.25) is 4.79 Å². The number of carbonyl (C=O) groups is 1. The van der Waals surface area contributed by atoms with Crippen LogP contribution in [0.25, 0.3) is 5.69 Å². The van der Waals surface area contributed by atoms with E-state index >= 15 is 0 Å². The van der Waals surface area contributed by atoms with Gasteiger partial charge >= 0.3 is 0 Å². The molecular weight excluding hydrogens is 376 g/mol. The highest BCUT2D eigenvalue weighted by Crippen LogP contribution is 2.27. The first kappa shape index (κ1) is 19.8. The lowest BCUT2D eigenvalue weighted by atomic mass is 10.1. The van der Waals surface area contributed by atoms with Crippen LogP contribution in [0, 0.1) is 0 Å². The van der Waals surface area contributed by atoms with Crippen LogP contribution >= 0.6 is 11.8 Å². The normalized spacial score (nSPS) is 10.5. The molecule has 3 rings (SSSR count). The maximum atomic E-state index is 12.2. The number of hydrogen-bond donors (Lipinski definition) is 1. The van der Waals surface area contributed by atoms with Crippen LogP contribution in [0.3, 0.4) is 0 Å². The number of methoxy groups -OCH3 is 2. The number of amides is 1. The van der Waals surface area contributed by atoms with Gasteiger partial charge in [0.25, 0.3) is 0 Å². The minimum Gasteiger partial charge on any atom is -0.493 e. The molecule has 0 bridgehead atoms. The van der Waals surface area contributed by atoms with Gasteiger partial charge in [-0.15, -0.1) is 0 Å². The number of carbonyl (C=O) groups excluding carboxylic acids is 1. The van der Waals surface area contributed by atoms with Gasteiger partial charge in [0.2, 0.25) is 5.91 Å². The Morgan fingerprint density at radius 2 is 1.89 bits per heavy atom. The van der Waals surface area contributed by atoms with Gasteiger partial charge < -0.3 is 14.8 Å². The summed E-state index contributed by atoms with van der Waals surface area (Å²) in [4.78, 5) is 16.4. The fraction of sp³-hybridized carbons (Fsp3) is 0.250. The van der Waals surface area contributed by atoms with Crippen LogP contribution in [-0.2, 0) is 11.2 Å². The molecule has 1 N–H and O–H groups in total. The molecule has 28 heavy (non-hydrogen) atoms. The monoisotopic (exact) mass is 398 g/mol. The molecule has 0 saturated heterocycles. The summed E-state index contributed by atoms with van der Waals surface area (Å²) < 4.78 is 12.3. The van der Waals surface area contributed by atoms with Crippen LogP contribution < -0.4 is 14.8 Å². The lowest BCUT2D eigenvalue weighted by molar-refractivity contribution is -0.118. The third kappa shape index (κ3) is 5.04. The van der Waals surface area contributed by atoms with Gasteiger partial charge in [0.15, 0.2) is 16.7 Å². The van der Waals surface area contributed by atoms with Crippen molar-refractivity contribution in [3.8, 4) is 17.2 Å². The molecule has 0 unspecified atom stereocenters. The average molecular weight is 398 g/mol. The number of rotatable bonds is 9. The first-order valence-electron chi connectivity index (χ1n) is 8.77. The van der Waals surface area contributed by atoms with Gasteiger partial charge in [-0.25, -0.2) is 9.67 Å². The lowest BCUT2D eigenvalue weighted by Crippen LogP contribution is -2.27. The van der Waals surface area contributed by atoms with E-state index in [9.17, 15) is 4.79 Å². The fourth-order valence-corrected chi connectivity index (χ4v) is 3.40. The van der Waals surface area contributed by atoms with E-state index in [0.29, 0.717) is 29.6 Å². The summed E-state index contributed by atoms with van der Waals surface area (Å²) in [7, 11) is 3.21. The van der Waals surface area contributed by atoms with E-state index < -0.39 is 0 Å². The molecule has 0 atom stereocenters. The number of nitrogens with zero attached hydrogens (tertiary/aromatic N) is 3. The van der Waals surface area contributed by atoms with Crippen molar-refractivity contribution in [1.29, 1.82) is 0 Å². The molecule has 146 valence electrons. The Hall–Kier alpha value is -3.00. The van der Waals surface area contributed by atoms with Crippen molar-refractivity contribution in [2.24, 2.45) is 0 Å². The predicted octanol–water partition coefficient (Wildman–Crippen LogP) is 2.74. The molecule has 0 radical (unpaired) electrons. The molecule has 0 aliphatic rings. The first-order chi connectivity index (χ1) is 13.7. The number of benzene rings is 2. The molecule has 0 saturated carbocycles. The van der Waals surface area contributed by atoms with Crippen molar-refractivity contribution < 1.29 is 14.3 Å². The fourth-order valence-electron chi connectivity index (χ4n) is 2.64. The standard InChI is InChI=1S/C20H22N4O3S/c1-26-17-9-8-15(12-18(17)27-2)10-11-21-19(25)13-28-20-22-14-23-24(20)16-6-4-3-5-7-16/h3-9,12,14H,10-11,13H2,1-2H3,(H,21,25). The Balaban J connectivity index is 1.48. The van der Waals surface area contributed by atoms with E-state index in [1.165, 1.54) is 18.1 Å². The molecular formula is C20H22N4O3S. The minimum absolute atomic E-state index is 0.0481. The highest BCUT2D eigenvalue weighted by atomic mass is 32.2. The number of hydrogen-bond acceptors (Lipinski definition) is 6. The van der Waals surface area contributed by atoms with Gasteiger partial charge in [0.05, 0.1) is 25.7 Å². The number of ether oxygens (including phenoxy) is 2. The molecule has 0 fully saturated rings. The zero-order valence-corrected chi connectivity index (χ0v) is 16.6. The van der Waals surface area contributed by atoms with Crippen molar-refractivity contribution >= 4 is 17.7 Å². The second-order valence-corrected chi connectivity index (χ2v) is 6.81. The highest BCUT2D eigenvalue weighted by molar-refractivity contribution is 7.99. The zero-order chi connectivity index (χ0) is 19.8. The maximum absolute atomic E-state index is 12.2. The maximum Gasteiger partial charge on any atom is 0.230 e. The largest absolute Gasteiger partial charge is 0.493 e. The van der Waals surface area contributed by atoms with Crippen molar-refractivity contribution in [2.75, 3.05) is 26.5 Å². The molecule has 8 heteroatoms. The van der Waals surface area contributed by atoms with E-state index in [2.05, 4.69) is 15.4 Å². The van der Waals surface area contributed by atoms with Crippen LogP contribution in [0.15, 0.2) is 60.0 Å². The summed E-state index contributed by atoms with van der Waals surface area (Å²) in [6.07, 6.45) is 2.20. The topological polar surface area (TPSA) is 78.3 Å². The van der Waals surface area contributed by atoms with Gasteiger partial charge in [0.1, 0.15) is 6.33 Å². The van der Waals surface area contributed by atoms with E-state index in [0.717, 1.165) is 11.3 Å². The second-order valence-electron chi connectivity index (χ2n) is 5.87. The number of para-hydroxylation sites is 1. The predicted molar refractivity (Wildman–Crippen MR) is 108 cm³/mol. The zero-order valence-electron chi connectivity index (χ0n) is 15.8. The summed E-state index contributed by atoms with van der Waals surface area (Å²) in [5.41, 5.74) is 1.98. The minimum atomic E-state index is -0.0481. The van der Waals surface area contributed by atoms with Crippen LogP contribution in [0.2, 0.25) is 0 Å². The number of aromatic nitrogens is 3. The van der Waals surface area contributed by atoms with Gasteiger partial charge in [0, 0.05) is 6.54 Å². The van der Waals surface area contributed by atoms with Crippen LogP contribution in [0.5, 0.6) is 11.5 Å². The SMILES string of the molecule is COc1ccc(CCNC(=O)CSc2ncnn2-c2ccccc2)cc1OC. The van der Waals surface area contributed by atoms with Crippen molar-refractivity contribution in [3.05, 3.63) is 60.4 Å². The van der Waals surface area contributed by atoms with Crippen LogP contribution in [-0.4, -0.2) is 47.2 Å². The van der Waals surface area contributed by atoms with Gasteiger partial charge in [-0.1, -0.05) is 36.0 Å². The first-order valence-corrected chi connectivity index (χ1v) is 9.75. The van der Waals surface area contributed by atoms with Crippen molar-refractivity contribution in [2.45, 2.75) is 11.6 Å². The summed E-state index contributed by atoms with van der Waals surface area (Å²) in [5, 5.41) is 7.84. The molecule has 1 aromatic heterocycles. The Labute approximate surface area is 168 Å². The van der Waals surface area contributed by atoms with E-state index in [-0.39, 0.29) is 11.7 Å². The number of nitrogens with one attached hydrogen (secondary N) is 1. The second kappa shape index (κ2) is 9.80. The molecule has 0 aliphatic heterocycles. The van der Waals surface area contributed by atoms with E-state index in [1.807, 2.05) is 48.5 Å². The lowest BCUT2D eigenvalue weighted by Gasteiger charge is -2.10. The molecule has 1 heterocycles. The smallest absolute Gasteiger partial charge is 0.230 e. The Bertz CT molecular complexity index is 915. The highest BCUT2D eigenvalue weighted by Gasteiger charge is 2.10. The number of thioether (sulfide) groups is 1.